The number of carbonyl (C=O) groups excluding carboxylic acids is 3. The molecule has 10 heteroatoms. The van der Waals surface area contributed by atoms with Crippen molar-refractivity contribution in [2.24, 2.45) is 17.3 Å². The van der Waals surface area contributed by atoms with Gasteiger partial charge in [-0.25, -0.2) is 5.84 Å². The fraction of sp³-hybridized carbons (Fsp3) is 0.286. The number of rotatable bonds is 8. The zero-order valence-corrected chi connectivity index (χ0v) is 17.2. The van der Waals surface area contributed by atoms with E-state index in [4.69, 9.17) is 22.0 Å². The Morgan fingerprint density at radius 2 is 1.52 bits per heavy atom. The van der Waals surface area contributed by atoms with Crippen LogP contribution < -0.4 is 28.0 Å². The molecule has 8 N–H and O–H groups in total. The number of benzene rings is 2. The average Bonchev–Trinajstić information content (AvgIpc) is 2.90. The van der Waals surface area contributed by atoms with E-state index in [2.05, 4.69) is 10.7 Å². The molecule has 2 aromatic rings. The molecule has 0 saturated heterocycles. The molecule has 1 aliphatic carbocycles. The summed E-state index contributed by atoms with van der Waals surface area (Å²) >= 11 is 0. The second-order valence-electron chi connectivity index (χ2n) is 7.41. The molecule has 0 aliphatic heterocycles. The van der Waals surface area contributed by atoms with Crippen LogP contribution in [0.5, 0.6) is 0 Å². The molecule has 0 unspecified atom stereocenters. The van der Waals surface area contributed by atoms with E-state index in [9.17, 15) is 14.4 Å². The Hall–Kier alpha value is -3.21. The zero-order chi connectivity index (χ0) is 22.6. The molecule has 0 heterocycles. The maximum absolute atomic E-state index is 13.4. The normalized spacial score (nSPS) is 14.0. The van der Waals surface area contributed by atoms with Crippen LogP contribution >= 0.6 is 0 Å². The molecule has 0 spiro atoms. The minimum Gasteiger partial charge on any atom is -0.427 e. The molecule has 0 atom stereocenters. The van der Waals surface area contributed by atoms with Crippen molar-refractivity contribution in [3.8, 4) is 0 Å². The molecular formula is C21H25BN5O4. The van der Waals surface area contributed by atoms with Gasteiger partial charge in [0.15, 0.2) is 0 Å². The molecule has 3 rings (SSSR count). The van der Waals surface area contributed by atoms with Gasteiger partial charge in [0.2, 0.25) is 17.7 Å². The van der Waals surface area contributed by atoms with Crippen molar-refractivity contribution in [1.29, 1.82) is 0 Å². The fourth-order valence-electron chi connectivity index (χ4n) is 4.31. The molecule has 161 valence electrons. The summed E-state index contributed by atoms with van der Waals surface area (Å²) in [6.07, 6.45) is 1.42. The van der Waals surface area contributed by atoms with Crippen molar-refractivity contribution in [2.45, 2.75) is 24.7 Å². The topological polar surface area (TPSA) is 163 Å². The number of nitrogens with two attached hydrogens (primary N) is 3. The third-order valence-corrected chi connectivity index (χ3v) is 5.73. The van der Waals surface area contributed by atoms with Gasteiger partial charge in [0.25, 0.3) is 0 Å². The third kappa shape index (κ3) is 4.18. The Morgan fingerprint density at radius 1 is 1.00 bits per heavy atom. The second-order valence-corrected chi connectivity index (χ2v) is 7.41. The Kier molecular flexibility index (Phi) is 6.74. The molecule has 31 heavy (non-hydrogen) atoms. The molecular weight excluding hydrogens is 397 g/mol. The van der Waals surface area contributed by atoms with E-state index in [-0.39, 0.29) is 0 Å². The van der Waals surface area contributed by atoms with Crippen molar-refractivity contribution in [3.63, 3.8) is 0 Å². The van der Waals surface area contributed by atoms with Crippen LogP contribution in [-0.4, -0.2) is 39.0 Å². The number of hydrazine groups is 1. The van der Waals surface area contributed by atoms with E-state index >= 15 is 0 Å². The van der Waals surface area contributed by atoms with Gasteiger partial charge in [-0.2, -0.15) is 0 Å². The number of amides is 3. The molecule has 2 aromatic carbocycles. The van der Waals surface area contributed by atoms with Crippen LogP contribution in [0, 0.1) is 0 Å². The lowest BCUT2D eigenvalue weighted by Crippen LogP contribution is -2.50. The SMILES string of the molecule is CO[B]NCCC1(C(=O)NN)c2ccc(C(N)=O)cc2CCc2cc(C(N)=O)ccc21. The van der Waals surface area contributed by atoms with E-state index in [1.807, 2.05) is 0 Å². The number of primary amides is 2. The van der Waals surface area contributed by atoms with Gasteiger partial charge in [-0.15, -0.1) is 0 Å². The van der Waals surface area contributed by atoms with Crippen LogP contribution in [0.3, 0.4) is 0 Å². The predicted molar refractivity (Wildman–Crippen MR) is 116 cm³/mol. The first-order valence-corrected chi connectivity index (χ1v) is 9.80. The van der Waals surface area contributed by atoms with Gasteiger partial charge in [0.05, 0.1) is 0 Å². The molecule has 0 fully saturated rings. The molecule has 1 radical (unpaired) electrons. The highest BCUT2D eigenvalue weighted by atomic mass is 16.4. The van der Waals surface area contributed by atoms with Crippen LogP contribution in [-0.2, 0) is 27.7 Å². The Bertz CT molecular complexity index is 961. The molecule has 1 aliphatic rings. The Balaban J connectivity index is 2.26. The number of hydrogen-bond acceptors (Lipinski definition) is 6. The highest BCUT2D eigenvalue weighted by molar-refractivity contribution is 6.23. The van der Waals surface area contributed by atoms with Gasteiger partial charge >= 0.3 is 7.62 Å². The fourth-order valence-corrected chi connectivity index (χ4v) is 4.31. The van der Waals surface area contributed by atoms with Crippen molar-refractivity contribution >= 4 is 25.3 Å². The standard InChI is InChI=1S/C21H25BN5O4/c1-31-22-26-9-8-21(20(30)27-25)16-6-4-14(18(23)28)10-12(16)2-3-13-11-15(19(24)29)5-7-17(13)21/h4-7,10-11,26H,2-3,8-9,25H2,1H3,(H2,23,28)(H2,24,29)(H,27,30). The van der Waals surface area contributed by atoms with Crippen LogP contribution in [0.2, 0.25) is 0 Å². The molecule has 0 aromatic heterocycles. The lowest BCUT2D eigenvalue weighted by atomic mass is 9.69. The Labute approximate surface area is 180 Å². The van der Waals surface area contributed by atoms with Crippen LogP contribution in [0.15, 0.2) is 36.4 Å². The van der Waals surface area contributed by atoms with Crippen molar-refractivity contribution in [2.75, 3.05) is 13.7 Å². The van der Waals surface area contributed by atoms with Crippen molar-refractivity contribution in [1.82, 2.24) is 10.7 Å². The van der Waals surface area contributed by atoms with E-state index in [0.29, 0.717) is 36.9 Å². The van der Waals surface area contributed by atoms with E-state index in [0.717, 1.165) is 22.3 Å². The molecule has 3 amide bonds. The summed E-state index contributed by atoms with van der Waals surface area (Å²) in [7, 11) is 2.95. The summed E-state index contributed by atoms with van der Waals surface area (Å²) in [6.45, 7) is 0.398. The molecule has 0 bridgehead atoms. The van der Waals surface area contributed by atoms with E-state index in [1.165, 1.54) is 14.7 Å². The van der Waals surface area contributed by atoms with Crippen LogP contribution in [0.25, 0.3) is 0 Å². The predicted octanol–water partition coefficient (Wildman–Crippen LogP) is -0.581. The minimum absolute atomic E-state index is 0.335. The largest absolute Gasteiger partial charge is 0.427 e. The lowest BCUT2D eigenvalue weighted by molar-refractivity contribution is -0.125. The van der Waals surface area contributed by atoms with Crippen molar-refractivity contribution < 1.29 is 19.0 Å². The van der Waals surface area contributed by atoms with Gasteiger partial charge in [0.1, 0.15) is 5.41 Å². The quantitative estimate of drug-likeness (QED) is 0.126. The summed E-state index contributed by atoms with van der Waals surface area (Å²) in [5, 5.41) is 3.01. The van der Waals surface area contributed by atoms with Crippen molar-refractivity contribution in [3.05, 3.63) is 69.8 Å². The first kappa shape index (κ1) is 22.5. The summed E-state index contributed by atoms with van der Waals surface area (Å²) in [6, 6.07) is 10.1. The summed E-state index contributed by atoms with van der Waals surface area (Å²) in [5.74, 6) is 4.13. The highest BCUT2D eigenvalue weighted by Crippen LogP contribution is 2.43. The summed E-state index contributed by atoms with van der Waals surface area (Å²) in [5.41, 5.74) is 15.9. The maximum Gasteiger partial charge on any atom is 0.395 e. The Morgan fingerprint density at radius 3 is 1.94 bits per heavy atom. The number of carbonyl (C=O) groups is 3. The first-order valence-electron chi connectivity index (χ1n) is 9.80. The number of fused-ring (bicyclic) bond motifs is 2. The maximum atomic E-state index is 13.4. The van der Waals surface area contributed by atoms with Crippen LogP contribution in [0.1, 0.15) is 49.4 Å². The molecule has 9 nitrogen and oxygen atoms in total. The van der Waals surface area contributed by atoms with Crippen LogP contribution in [0.4, 0.5) is 0 Å². The average molecular weight is 422 g/mol. The second kappa shape index (κ2) is 9.30. The van der Waals surface area contributed by atoms with Gasteiger partial charge < -0.3 is 21.3 Å². The first-order chi connectivity index (χ1) is 14.8. The number of aryl methyl sites for hydroxylation is 2. The lowest BCUT2D eigenvalue weighted by Gasteiger charge is -2.35. The van der Waals surface area contributed by atoms with E-state index in [1.54, 1.807) is 36.4 Å². The summed E-state index contributed by atoms with van der Waals surface area (Å²) in [4.78, 5) is 36.9. The van der Waals surface area contributed by atoms with Gasteiger partial charge in [-0.3, -0.25) is 19.8 Å². The minimum atomic E-state index is -1.17. The van der Waals surface area contributed by atoms with Gasteiger partial charge in [0, 0.05) is 18.2 Å². The molecule has 0 saturated carbocycles. The number of hydrogen-bond donors (Lipinski definition) is 5. The number of nitrogens with one attached hydrogen (secondary N) is 2. The third-order valence-electron chi connectivity index (χ3n) is 5.73. The monoisotopic (exact) mass is 422 g/mol. The van der Waals surface area contributed by atoms with Gasteiger partial charge in [-0.05, 0) is 72.3 Å². The van der Waals surface area contributed by atoms with Gasteiger partial charge in [-0.1, -0.05) is 12.1 Å². The highest BCUT2D eigenvalue weighted by Gasteiger charge is 2.45. The summed E-state index contributed by atoms with van der Waals surface area (Å²) < 4.78 is 4.93. The smallest absolute Gasteiger partial charge is 0.395 e. The van der Waals surface area contributed by atoms with E-state index < -0.39 is 23.1 Å². The zero-order valence-electron chi connectivity index (χ0n) is 17.2.